The number of rotatable bonds is 5. The van der Waals surface area contributed by atoms with E-state index < -0.39 is 6.04 Å². The number of amides is 2. The maximum atomic E-state index is 13.7. The van der Waals surface area contributed by atoms with Gasteiger partial charge in [-0.25, -0.2) is 4.39 Å². The van der Waals surface area contributed by atoms with Gasteiger partial charge in [0.25, 0.3) is 0 Å². The number of carbonyl (C=O) groups is 2. The lowest BCUT2D eigenvalue weighted by Gasteiger charge is -2.23. The van der Waals surface area contributed by atoms with Gasteiger partial charge in [-0.1, -0.05) is 12.1 Å². The third kappa shape index (κ3) is 4.81. The number of thioether (sulfide) groups is 2. The van der Waals surface area contributed by atoms with Gasteiger partial charge in [0.2, 0.25) is 11.8 Å². The molecule has 27 heavy (non-hydrogen) atoms. The van der Waals surface area contributed by atoms with Gasteiger partial charge in [-0.15, -0.1) is 23.5 Å². The number of benzene rings is 2. The summed E-state index contributed by atoms with van der Waals surface area (Å²) in [6, 6.07) is 14.3. The minimum atomic E-state index is -0.570. The van der Waals surface area contributed by atoms with E-state index in [0.29, 0.717) is 27.8 Å². The van der Waals surface area contributed by atoms with E-state index in [1.165, 1.54) is 22.7 Å². The first-order valence-electron chi connectivity index (χ1n) is 8.14. The zero-order valence-electron chi connectivity index (χ0n) is 14.2. The first kappa shape index (κ1) is 19.3. The van der Waals surface area contributed by atoms with Crippen molar-refractivity contribution in [2.75, 3.05) is 22.7 Å². The van der Waals surface area contributed by atoms with Gasteiger partial charge in [-0.2, -0.15) is 5.26 Å². The van der Waals surface area contributed by atoms with Crippen molar-refractivity contribution in [3.63, 3.8) is 0 Å². The van der Waals surface area contributed by atoms with Gasteiger partial charge in [0, 0.05) is 16.3 Å². The number of nitrogens with one attached hydrogen (secondary N) is 1. The smallest absolute Gasteiger partial charge is 0.248 e. The number of nitrogens with zero attached hydrogens (tertiary/aromatic N) is 2. The average Bonchev–Trinajstić information content (AvgIpc) is 3.18. The second-order valence-corrected chi connectivity index (χ2v) is 7.79. The first-order chi connectivity index (χ1) is 13.1. The van der Waals surface area contributed by atoms with E-state index >= 15 is 0 Å². The quantitative estimate of drug-likeness (QED) is 0.778. The van der Waals surface area contributed by atoms with Crippen LogP contribution in [0.15, 0.2) is 53.4 Å². The second kappa shape index (κ2) is 8.93. The molecule has 1 aliphatic heterocycles. The van der Waals surface area contributed by atoms with Crippen molar-refractivity contribution in [2.45, 2.75) is 10.9 Å². The van der Waals surface area contributed by atoms with Crippen LogP contribution < -0.4 is 5.32 Å². The van der Waals surface area contributed by atoms with E-state index in [1.54, 1.807) is 42.5 Å². The predicted molar refractivity (Wildman–Crippen MR) is 105 cm³/mol. The van der Waals surface area contributed by atoms with Crippen LogP contribution in [-0.4, -0.2) is 40.1 Å². The lowest BCUT2D eigenvalue weighted by atomic mass is 10.2. The number of nitriles is 1. The Balaban J connectivity index is 1.60. The fourth-order valence-electron chi connectivity index (χ4n) is 2.54. The fourth-order valence-corrected chi connectivity index (χ4v) is 4.55. The summed E-state index contributed by atoms with van der Waals surface area (Å²) < 4.78 is 13.7. The number of hydrogen-bond acceptors (Lipinski definition) is 5. The Morgan fingerprint density at radius 1 is 1.26 bits per heavy atom. The van der Waals surface area contributed by atoms with Crippen LogP contribution in [0.2, 0.25) is 0 Å². The Hall–Kier alpha value is -2.50. The molecule has 0 aliphatic carbocycles. The first-order valence-corrected chi connectivity index (χ1v) is 10.3. The molecule has 1 unspecified atom stereocenters. The zero-order valence-corrected chi connectivity index (χ0v) is 15.9. The Bertz CT molecular complexity index is 883. The van der Waals surface area contributed by atoms with Crippen molar-refractivity contribution in [3.8, 4) is 6.07 Å². The van der Waals surface area contributed by atoms with Gasteiger partial charge in [0.1, 0.15) is 11.9 Å². The highest BCUT2D eigenvalue weighted by Gasteiger charge is 2.34. The van der Waals surface area contributed by atoms with Crippen molar-refractivity contribution in [2.24, 2.45) is 0 Å². The highest BCUT2D eigenvalue weighted by molar-refractivity contribution is 8.00. The normalized spacial score (nSPS) is 16.0. The molecule has 1 saturated heterocycles. The lowest BCUT2D eigenvalue weighted by Crippen LogP contribution is -2.45. The molecule has 0 aromatic heterocycles. The van der Waals surface area contributed by atoms with E-state index in [9.17, 15) is 14.0 Å². The van der Waals surface area contributed by atoms with Crippen LogP contribution in [0.25, 0.3) is 0 Å². The van der Waals surface area contributed by atoms with Gasteiger partial charge in [-0.05, 0) is 36.4 Å². The summed E-state index contributed by atoms with van der Waals surface area (Å²) in [5.74, 6) is 0.186. The molecule has 0 radical (unpaired) electrons. The molecule has 0 bridgehead atoms. The Kier molecular flexibility index (Phi) is 6.37. The van der Waals surface area contributed by atoms with E-state index in [4.69, 9.17) is 5.26 Å². The van der Waals surface area contributed by atoms with Crippen LogP contribution in [0, 0.1) is 17.1 Å². The standard InChI is InChI=1S/C19H16FN3O2S2/c20-15-3-1-2-4-17(15)27-11-18(24)23-12-26-10-16(23)19(25)22-14-7-5-13(9-21)6-8-14/h1-8,16H,10-12H2,(H,22,25). The summed E-state index contributed by atoms with van der Waals surface area (Å²) in [4.78, 5) is 27.0. The van der Waals surface area contributed by atoms with E-state index in [1.807, 2.05) is 6.07 Å². The summed E-state index contributed by atoms with van der Waals surface area (Å²) >= 11 is 2.63. The predicted octanol–water partition coefficient (Wildman–Crippen LogP) is 3.33. The van der Waals surface area contributed by atoms with Crippen molar-refractivity contribution >= 4 is 41.0 Å². The molecule has 3 rings (SSSR count). The van der Waals surface area contributed by atoms with Crippen LogP contribution >= 0.6 is 23.5 Å². The highest BCUT2D eigenvalue weighted by atomic mass is 32.2. The molecule has 2 aromatic carbocycles. The minimum absolute atomic E-state index is 0.0716. The molecular formula is C19H16FN3O2S2. The van der Waals surface area contributed by atoms with Crippen LogP contribution in [0.5, 0.6) is 0 Å². The number of halogens is 1. The van der Waals surface area contributed by atoms with Crippen LogP contribution in [0.4, 0.5) is 10.1 Å². The lowest BCUT2D eigenvalue weighted by molar-refractivity contribution is -0.134. The summed E-state index contributed by atoms with van der Waals surface area (Å²) in [7, 11) is 0. The second-order valence-electron chi connectivity index (χ2n) is 5.78. The van der Waals surface area contributed by atoms with Crippen molar-refractivity contribution < 1.29 is 14.0 Å². The third-order valence-electron chi connectivity index (χ3n) is 3.97. The molecule has 2 aromatic rings. The van der Waals surface area contributed by atoms with Crippen LogP contribution in [0.1, 0.15) is 5.56 Å². The monoisotopic (exact) mass is 401 g/mol. The molecule has 5 nitrogen and oxygen atoms in total. The average molecular weight is 401 g/mol. The molecule has 0 saturated carbocycles. The van der Waals surface area contributed by atoms with Gasteiger partial charge in [-0.3, -0.25) is 9.59 Å². The Labute approximate surface area is 164 Å². The molecule has 1 fully saturated rings. The van der Waals surface area contributed by atoms with Crippen molar-refractivity contribution in [1.29, 1.82) is 5.26 Å². The molecule has 0 spiro atoms. The van der Waals surface area contributed by atoms with E-state index in [-0.39, 0.29) is 23.4 Å². The van der Waals surface area contributed by atoms with Crippen molar-refractivity contribution in [1.82, 2.24) is 4.90 Å². The molecular weight excluding hydrogens is 385 g/mol. The largest absolute Gasteiger partial charge is 0.324 e. The number of anilines is 1. The molecule has 1 aliphatic rings. The number of carbonyl (C=O) groups excluding carboxylic acids is 2. The SMILES string of the molecule is N#Cc1ccc(NC(=O)C2CSCN2C(=O)CSc2ccccc2F)cc1. The zero-order chi connectivity index (χ0) is 19.2. The van der Waals surface area contributed by atoms with Crippen LogP contribution in [-0.2, 0) is 9.59 Å². The minimum Gasteiger partial charge on any atom is -0.324 e. The Morgan fingerprint density at radius 2 is 2.00 bits per heavy atom. The van der Waals surface area contributed by atoms with E-state index in [0.717, 1.165) is 11.8 Å². The Morgan fingerprint density at radius 3 is 2.70 bits per heavy atom. The summed E-state index contributed by atoms with van der Waals surface area (Å²) in [5.41, 5.74) is 1.08. The fraction of sp³-hybridized carbons (Fsp3) is 0.211. The maximum Gasteiger partial charge on any atom is 0.248 e. The van der Waals surface area contributed by atoms with Gasteiger partial charge in [0.15, 0.2) is 0 Å². The summed E-state index contributed by atoms with van der Waals surface area (Å²) in [5, 5.41) is 11.6. The summed E-state index contributed by atoms with van der Waals surface area (Å²) in [6.07, 6.45) is 0. The van der Waals surface area contributed by atoms with Gasteiger partial charge in [0.05, 0.1) is 23.3 Å². The highest BCUT2D eigenvalue weighted by Crippen LogP contribution is 2.26. The maximum absolute atomic E-state index is 13.7. The molecule has 138 valence electrons. The van der Waals surface area contributed by atoms with Crippen molar-refractivity contribution in [3.05, 3.63) is 59.9 Å². The molecule has 2 amide bonds. The van der Waals surface area contributed by atoms with Gasteiger partial charge < -0.3 is 10.2 Å². The van der Waals surface area contributed by atoms with E-state index in [2.05, 4.69) is 5.32 Å². The van der Waals surface area contributed by atoms with Gasteiger partial charge >= 0.3 is 0 Å². The summed E-state index contributed by atoms with van der Waals surface area (Å²) in [6.45, 7) is 0. The van der Waals surface area contributed by atoms with Crippen LogP contribution in [0.3, 0.4) is 0 Å². The molecule has 1 N–H and O–H groups in total. The topological polar surface area (TPSA) is 73.2 Å². The third-order valence-corrected chi connectivity index (χ3v) is 6.02. The number of hydrogen-bond donors (Lipinski definition) is 1. The molecule has 1 atom stereocenters. The molecule has 8 heteroatoms. The molecule has 1 heterocycles.